The average molecular weight is 277 g/mol. The van der Waals surface area contributed by atoms with E-state index >= 15 is 0 Å². The molecule has 102 valence electrons. The highest BCUT2D eigenvalue weighted by atomic mass is 16.5. The highest BCUT2D eigenvalue weighted by Gasteiger charge is 2.14. The monoisotopic (exact) mass is 277 g/mol. The Morgan fingerprint density at radius 2 is 1.95 bits per heavy atom. The number of H-pyrrole nitrogens is 1. The van der Waals surface area contributed by atoms with Gasteiger partial charge in [0.05, 0.1) is 6.20 Å². The molecule has 0 spiro atoms. The van der Waals surface area contributed by atoms with E-state index < -0.39 is 0 Å². The summed E-state index contributed by atoms with van der Waals surface area (Å²) in [7, 11) is 0. The molecule has 2 aromatic heterocycles. The predicted molar refractivity (Wildman–Crippen MR) is 77.5 cm³/mol. The van der Waals surface area contributed by atoms with E-state index in [0.29, 0.717) is 34.1 Å². The molecule has 6 heteroatoms. The van der Waals surface area contributed by atoms with Crippen LogP contribution in [0.4, 0.5) is 5.69 Å². The van der Waals surface area contributed by atoms with Crippen LogP contribution in [0.25, 0.3) is 11.1 Å². The molecule has 0 saturated carbocycles. The maximum absolute atomic E-state index is 9.08. The third-order valence-corrected chi connectivity index (χ3v) is 2.91. The van der Waals surface area contributed by atoms with Crippen LogP contribution in [0.5, 0.6) is 11.6 Å². The summed E-state index contributed by atoms with van der Waals surface area (Å²) in [6.07, 6.45) is 3.20. The van der Waals surface area contributed by atoms with Crippen molar-refractivity contribution >= 4 is 5.69 Å². The number of aromatic amines is 1. The van der Waals surface area contributed by atoms with Gasteiger partial charge in [0.1, 0.15) is 17.5 Å². The summed E-state index contributed by atoms with van der Waals surface area (Å²) in [6, 6.07) is 12.7. The van der Waals surface area contributed by atoms with Crippen molar-refractivity contribution < 1.29 is 4.74 Å². The molecule has 1 aromatic carbocycles. The Kier molecular flexibility index (Phi) is 3.23. The number of nitrogens with zero attached hydrogens (tertiary/aromatic N) is 3. The molecule has 0 aliphatic carbocycles. The number of nitrogens with one attached hydrogen (secondary N) is 1. The van der Waals surface area contributed by atoms with Crippen molar-refractivity contribution in [1.82, 2.24) is 15.2 Å². The number of rotatable bonds is 3. The van der Waals surface area contributed by atoms with Gasteiger partial charge in [-0.3, -0.25) is 5.10 Å². The average Bonchev–Trinajstić information content (AvgIpc) is 2.98. The highest BCUT2D eigenvalue weighted by molar-refractivity contribution is 5.72. The molecule has 0 atom stereocenters. The molecule has 6 nitrogen and oxygen atoms in total. The summed E-state index contributed by atoms with van der Waals surface area (Å²) in [5.74, 6) is 1.02. The summed E-state index contributed by atoms with van der Waals surface area (Å²) >= 11 is 0. The van der Waals surface area contributed by atoms with Crippen LogP contribution >= 0.6 is 0 Å². The molecule has 0 bridgehead atoms. The number of hydrogen-bond donors (Lipinski definition) is 2. The van der Waals surface area contributed by atoms with Crippen LogP contribution in [0.3, 0.4) is 0 Å². The first-order valence-corrected chi connectivity index (χ1v) is 6.20. The number of hydrogen-bond acceptors (Lipinski definition) is 5. The molecule has 0 aliphatic heterocycles. The molecule has 0 aliphatic rings. The second-order valence-corrected chi connectivity index (χ2v) is 4.30. The molecular weight excluding hydrogens is 266 g/mol. The number of aromatic nitrogens is 3. The van der Waals surface area contributed by atoms with Gasteiger partial charge in [0.2, 0.25) is 5.88 Å². The lowest BCUT2D eigenvalue weighted by molar-refractivity contribution is 0.465. The number of pyridine rings is 1. The minimum atomic E-state index is 0.366. The van der Waals surface area contributed by atoms with E-state index in [1.165, 1.54) is 0 Å². The van der Waals surface area contributed by atoms with Crippen LogP contribution < -0.4 is 10.5 Å². The van der Waals surface area contributed by atoms with Gasteiger partial charge >= 0.3 is 0 Å². The molecule has 0 amide bonds. The standard InChI is InChI=1S/C15H11N5O/c16-8-14-13(9-19-20-14)12-2-1-7-18-15(12)21-11-5-3-10(17)4-6-11/h1-7,9H,17H2,(H,19,20). The van der Waals surface area contributed by atoms with Gasteiger partial charge in [-0.15, -0.1) is 0 Å². The molecule has 0 saturated heterocycles. The molecule has 2 heterocycles. The summed E-state index contributed by atoms with van der Waals surface area (Å²) in [5, 5.41) is 15.6. The minimum absolute atomic E-state index is 0.366. The van der Waals surface area contributed by atoms with Crippen molar-refractivity contribution in [2.45, 2.75) is 0 Å². The highest BCUT2D eigenvalue weighted by Crippen LogP contribution is 2.32. The first kappa shape index (κ1) is 12.7. The Bertz CT molecular complexity index is 801. The van der Waals surface area contributed by atoms with Crippen molar-refractivity contribution in [1.29, 1.82) is 5.26 Å². The maximum Gasteiger partial charge on any atom is 0.227 e. The van der Waals surface area contributed by atoms with Gasteiger partial charge in [-0.2, -0.15) is 10.4 Å². The largest absolute Gasteiger partial charge is 0.438 e. The van der Waals surface area contributed by atoms with Gasteiger partial charge in [0.25, 0.3) is 0 Å². The van der Waals surface area contributed by atoms with Gasteiger partial charge in [-0.1, -0.05) is 0 Å². The van der Waals surface area contributed by atoms with Gasteiger partial charge in [0, 0.05) is 23.0 Å². The van der Waals surface area contributed by atoms with Crippen molar-refractivity contribution in [3.63, 3.8) is 0 Å². The predicted octanol–water partition coefficient (Wildman–Crippen LogP) is 2.72. The lowest BCUT2D eigenvalue weighted by Crippen LogP contribution is -1.92. The first-order chi connectivity index (χ1) is 10.3. The number of nitrogen functional groups attached to an aromatic ring is 1. The van der Waals surface area contributed by atoms with Gasteiger partial charge < -0.3 is 10.5 Å². The smallest absolute Gasteiger partial charge is 0.227 e. The Balaban J connectivity index is 2.01. The van der Waals surface area contributed by atoms with Crippen LogP contribution in [0.2, 0.25) is 0 Å². The van der Waals surface area contributed by atoms with Crippen molar-refractivity contribution in [2.75, 3.05) is 5.73 Å². The SMILES string of the molecule is N#Cc1[nH]ncc1-c1cccnc1Oc1ccc(N)cc1. The number of anilines is 1. The normalized spacial score (nSPS) is 10.0. The summed E-state index contributed by atoms with van der Waals surface area (Å²) in [4.78, 5) is 4.22. The van der Waals surface area contributed by atoms with Crippen molar-refractivity contribution in [3.05, 3.63) is 54.5 Å². The fourth-order valence-corrected chi connectivity index (χ4v) is 1.90. The van der Waals surface area contributed by atoms with E-state index in [1.807, 2.05) is 6.07 Å². The molecule has 3 N–H and O–H groups in total. The number of benzene rings is 1. The fraction of sp³-hybridized carbons (Fsp3) is 0. The van der Waals surface area contributed by atoms with E-state index in [0.717, 1.165) is 0 Å². The number of nitrogens with two attached hydrogens (primary N) is 1. The molecule has 3 rings (SSSR count). The molecule has 0 unspecified atom stereocenters. The van der Waals surface area contributed by atoms with Crippen LogP contribution in [0.1, 0.15) is 5.69 Å². The zero-order valence-corrected chi connectivity index (χ0v) is 10.9. The summed E-state index contributed by atoms with van der Waals surface area (Å²) in [6.45, 7) is 0. The first-order valence-electron chi connectivity index (χ1n) is 6.20. The van der Waals surface area contributed by atoms with Crippen LogP contribution in [0, 0.1) is 11.3 Å². The van der Waals surface area contributed by atoms with Crippen molar-refractivity contribution in [2.24, 2.45) is 0 Å². The molecule has 21 heavy (non-hydrogen) atoms. The molecule has 3 aromatic rings. The van der Waals surface area contributed by atoms with Gasteiger partial charge in [-0.25, -0.2) is 4.98 Å². The minimum Gasteiger partial charge on any atom is -0.438 e. The third-order valence-electron chi connectivity index (χ3n) is 2.91. The quantitative estimate of drug-likeness (QED) is 0.717. The van der Waals surface area contributed by atoms with Crippen molar-refractivity contribution in [3.8, 4) is 28.8 Å². The number of ether oxygens (including phenoxy) is 1. The van der Waals surface area contributed by atoms with Crippen LogP contribution in [-0.4, -0.2) is 15.2 Å². The zero-order chi connectivity index (χ0) is 14.7. The summed E-state index contributed by atoms with van der Waals surface area (Å²) in [5.41, 5.74) is 8.01. The number of nitriles is 1. The van der Waals surface area contributed by atoms with E-state index in [9.17, 15) is 0 Å². The second-order valence-electron chi connectivity index (χ2n) is 4.30. The van der Waals surface area contributed by atoms with Crippen LogP contribution in [0.15, 0.2) is 48.8 Å². The lowest BCUT2D eigenvalue weighted by atomic mass is 10.1. The van der Waals surface area contributed by atoms with E-state index in [4.69, 9.17) is 15.7 Å². The zero-order valence-electron chi connectivity index (χ0n) is 10.9. The topological polar surface area (TPSA) is 101 Å². The Morgan fingerprint density at radius 3 is 2.71 bits per heavy atom. The lowest BCUT2D eigenvalue weighted by Gasteiger charge is -2.09. The van der Waals surface area contributed by atoms with E-state index in [1.54, 1.807) is 42.7 Å². The Labute approximate surface area is 120 Å². The van der Waals surface area contributed by atoms with Gasteiger partial charge in [-0.05, 0) is 36.4 Å². The van der Waals surface area contributed by atoms with E-state index in [-0.39, 0.29) is 0 Å². The maximum atomic E-state index is 9.08. The Hall–Kier alpha value is -3.33. The fourth-order valence-electron chi connectivity index (χ4n) is 1.90. The van der Waals surface area contributed by atoms with E-state index in [2.05, 4.69) is 21.3 Å². The molecular formula is C15H11N5O. The summed E-state index contributed by atoms with van der Waals surface area (Å²) < 4.78 is 5.77. The van der Waals surface area contributed by atoms with Gasteiger partial charge in [0.15, 0.2) is 0 Å². The second kappa shape index (κ2) is 5.35. The third kappa shape index (κ3) is 2.53. The van der Waals surface area contributed by atoms with Crippen LogP contribution in [-0.2, 0) is 0 Å². The molecule has 0 fully saturated rings. The molecule has 0 radical (unpaired) electrons. The Morgan fingerprint density at radius 1 is 1.14 bits per heavy atom.